The summed E-state index contributed by atoms with van der Waals surface area (Å²) in [6.07, 6.45) is 4.56. The Morgan fingerprint density at radius 1 is 1.33 bits per heavy atom. The Morgan fingerprint density at radius 3 is 2.76 bits per heavy atom. The van der Waals surface area contributed by atoms with Crippen molar-refractivity contribution in [3.05, 3.63) is 34.9 Å². The number of rotatable bonds is 6. The van der Waals surface area contributed by atoms with E-state index in [9.17, 15) is 9.90 Å². The maximum Gasteiger partial charge on any atom is 0.226 e. The number of aliphatic hydroxyl groups excluding tert-OH is 1. The van der Waals surface area contributed by atoms with Gasteiger partial charge in [0.15, 0.2) is 0 Å². The van der Waals surface area contributed by atoms with Gasteiger partial charge in [0.1, 0.15) is 0 Å². The molecule has 0 spiro atoms. The topological polar surface area (TPSA) is 49.8 Å². The van der Waals surface area contributed by atoms with Crippen LogP contribution in [-0.4, -0.2) is 49.3 Å². The molecule has 116 valence electrons. The number of aliphatic hydroxyl groups is 1. The highest BCUT2D eigenvalue weighted by atomic mass is 16.5. The van der Waals surface area contributed by atoms with Crippen LogP contribution in [0.25, 0.3) is 0 Å². The molecule has 0 heterocycles. The second kappa shape index (κ2) is 7.57. The molecule has 4 heteroatoms. The number of amides is 1. The highest BCUT2D eigenvalue weighted by molar-refractivity contribution is 5.78. The molecule has 0 aliphatic heterocycles. The molecule has 1 amide bonds. The van der Waals surface area contributed by atoms with Crippen molar-refractivity contribution < 1.29 is 14.6 Å². The number of likely N-dealkylation sites (N-methyl/N-ethyl adjacent to an activating group) is 1. The number of hydrogen-bond donors (Lipinski definition) is 1. The summed E-state index contributed by atoms with van der Waals surface area (Å²) in [4.78, 5) is 13.8. The number of benzene rings is 1. The van der Waals surface area contributed by atoms with Gasteiger partial charge in [-0.05, 0) is 42.4 Å². The van der Waals surface area contributed by atoms with Crippen LogP contribution in [0.4, 0.5) is 0 Å². The van der Waals surface area contributed by atoms with Crippen LogP contribution in [0.1, 0.15) is 29.5 Å². The van der Waals surface area contributed by atoms with Crippen molar-refractivity contribution in [3.8, 4) is 0 Å². The van der Waals surface area contributed by atoms with E-state index in [1.807, 2.05) is 0 Å². The Hall–Kier alpha value is -1.39. The number of ether oxygens (including phenoxy) is 1. The molecule has 21 heavy (non-hydrogen) atoms. The van der Waals surface area contributed by atoms with E-state index in [2.05, 4.69) is 18.2 Å². The SMILES string of the molecule is COCC(O)CN(C)C(=O)Cc1ccc2c(c1)CCCC2. The molecule has 0 aromatic heterocycles. The highest BCUT2D eigenvalue weighted by Gasteiger charge is 2.15. The molecule has 1 atom stereocenters. The smallest absolute Gasteiger partial charge is 0.226 e. The minimum absolute atomic E-state index is 0.0286. The van der Waals surface area contributed by atoms with Crippen molar-refractivity contribution in [1.29, 1.82) is 0 Å². The van der Waals surface area contributed by atoms with Crippen LogP contribution in [0.5, 0.6) is 0 Å². The van der Waals surface area contributed by atoms with Crippen molar-refractivity contribution >= 4 is 5.91 Å². The van der Waals surface area contributed by atoms with Crippen LogP contribution >= 0.6 is 0 Å². The monoisotopic (exact) mass is 291 g/mol. The lowest BCUT2D eigenvalue weighted by atomic mass is 9.90. The lowest BCUT2D eigenvalue weighted by molar-refractivity contribution is -0.130. The lowest BCUT2D eigenvalue weighted by Crippen LogP contribution is -2.37. The summed E-state index contributed by atoms with van der Waals surface area (Å²) in [5.41, 5.74) is 3.89. The first-order chi connectivity index (χ1) is 10.1. The third kappa shape index (κ3) is 4.55. The zero-order valence-electron chi connectivity index (χ0n) is 13.0. The fraction of sp³-hybridized carbons (Fsp3) is 0.588. The van der Waals surface area contributed by atoms with Crippen molar-refractivity contribution in [1.82, 2.24) is 4.90 Å². The first-order valence-corrected chi connectivity index (χ1v) is 7.62. The zero-order valence-corrected chi connectivity index (χ0v) is 13.0. The van der Waals surface area contributed by atoms with E-state index in [1.54, 1.807) is 11.9 Å². The lowest BCUT2D eigenvalue weighted by Gasteiger charge is -2.21. The Bertz CT molecular complexity index is 487. The van der Waals surface area contributed by atoms with E-state index >= 15 is 0 Å². The van der Waals surface area contributed by atoms with E-state index in [-0.39, 0.29) is 12.5 Å². The van der Waals surface area contributed by atoms with Crippen molar-refractivity contribution in [2.45, 2.75) is 38.2 Å². The molecule has 0 fully saturated rings. The molecule has 0 radical (unpaired) electrons. The standard InChI is InChI=1S/C17H25NO3/c1-18(11-16(19)12-21-2)17(20)10-13-7-8-14-5-3-4-6-15(14)9-13/h7-9,16,19H,3-6,10-12H2,1-2H3. The summed E-state index contributed by atoms with van der Waals surface area (Å²) in [5.74, 6) is 0.0286. The minimum Gasteiger partial charge on any atom is -0.389 e. The second-order valence-electron chi connectivity index (χ2n) is 5.87. The molecule has 1 aromatic carbocycles. The van der Waals surface area contributed by atoms with Crippen LogP contribution in [0.15, 0.2) is 18.2 Å². The summed E-state index contributed by atoms with van der Waals surface area (Å²) in [5, 5.41) is 9.67. The van der Waals surface area contributed by atoms with Gasteiger partial charge >= 0.3 is 0 Å². The van der Waals surface area contributed by atoms with Crippen molar-refractivity contribution in [3.63, 3.8) is 0 Å². The summed E-state index contributed by atoms with van der Waals surface area (Å²) in [6, 6.07) is 6.39. The van der Waals surface area contributed by atoms with E-state index in [4.69, 9.17) is 4.74 Å². The van der Waals surface area contributed by atoms with Gasteiger partial charge in [-0.15, -0.1) is 0 Å². The van der Waals surface area contributed by atoms with Crippen LogP contribution < -0.4 is 0 Å². The molecule has 1 aromatic rings. The van der Waals surface area contributed by atoms with E-state index in [1.165, 1.54) is 31.1 Å². The number of carbonyl (C=O) groups excluding carboxylic acids is 1. The van der Waals surface area contributed by atoms with Gasteiger partial charge in [-0.1, -0.05) is 18.2 Å². The fourth-order valence-electron chi connectivity index (χ4n) is 2.87. The summed E-state index contributed by atoms with van der Waals surface area (Å²) >= 11 is 0. The molecule has 1 aliphatic carbocycles. The van der Waals surface area contributed by atoms with E-state index in [0.29, 0.717) is 13.0 Å². The van der Waals surface area contributed by atoms with Gasteiger partial charge in [0, 0.05) is 20.7 Å². The molecule has 0 saturated carbocycles. The van der Waals surface area contributed by atoms with Crippen molar-refractivity contribution in [2.75, 3.05) is 27.3 Å². The summed E-state index contributed by atoms with van der Waals surface area (Å²) < 4.78 is 4.88. The average molecular weight is 291 g/mol. The molecular formula is C17H25NO3. The Kier molecular flexibility index (Phi) is 5.76. The molecular weight excluding hydrogens is 266 g/mol. The maximum atomic E-state index is 12.2. The zero-order chi connectivity index (χ0) is 15.2. The highest BCUT2D eigenvalue weighted by Crippen LogP contribution is 2.22. The normalized spacial score (nSPS) is 15.4. The predicted molar refractivity (Wildman–Crippen MR) is 82.3 cm³/mol. The maximum absolute atomic E-state index is 12.2. The second-order valence-corrected chi connectivity index (χ2v) is 5.87. The Morgan fingerprint density at radius 2 is 2.05 bits per heavy atom. The van der Waals surface area contributed by atoms with Gasteiger partial charge in [0.05, 0.1) is 19.1 Å². The first-order valence-electron chi connectivity index (χ1n) is 7.62. The Balaban J connectivity index is 1.93. The first kappa shape index (κ1) is 16.0. The number of aryl methyl sites for hydroxylation is 2. The summed E-state index contributed by atoms with van der Waals surface area (Å²) in [7, 11) is 3.26. The van der Waals surface area contributed by atoms with Crippen LogP contribution in [0, 0.1) is 0 Å². The molecule has 1 N–H and O–H groups in total. The molecule has 1 unspecified atom stereocenters. The largest absolute Gasteiger partial charge is 0.389 e. The van der Waals surface area contributed by atoms with Gasteiger partial charge in [-0.2, -0.15) is 0 Å². The third-order valence-corrected chi connectivity index (χ3v) is 4.04. The molecule has 1 aliphatic rings. The van der Waals surface area contributed by atoms with Gasteiger partial charge in [-0.25, -0.2) is 0 Å². The number of nitrogens with zero attached hydrogens (tertiary/aromatic N) is 1. The van der Waals surface area contributed by atoms with E-state index in [0.717, 1.165) is 18.4 Å². The van der Waals surface area contributed by atoms with Gasteiger partial charge < -0.3 is 14.7 Å². The minimum atomic E-state index is -0.632. The number of fused-ring (bicyclic) bond motifs is 1. The molecule has 0 saturated heterocycles. The quantitative estimate of drug-likeness (QED) is 0.865. The van der Waals surface area contributed by atoms with Crippen LogP contribution in [0.3, 0.4) is 0 Å². The number of hydrogen-bond acceptors (Lipinski definition) is 3. The van der Waals surface area contributed by atoms with Gasteiger partial charge in [-0.3, -0.25) is 4.79 Å². The number of carbonyl (C=O) groups is 1. The summed E-state index contributed by atoms with van der Waals surface area (Å²) in [6.45, 7) is 0.550. The van der Waals surface area contributed by atoms with Crippen LogP contribution in [-0.2, 0) is 28.8 Å². The van der Waals surface area contributed by atoms with Crippen molar-refractivity contribution in [2.24, 2.45) is 0 Å². The third-order valence-electron chi connectivity index (χ3n) is 4.04. The number of methoxy groups -OCH3 is 1. The molecule has 4 nitrogen and oxygen atoms in total. The van der Waals surface area contributed by atoms with Gasteiger partial charge in [0.25, 0.3) is 0 Å². The average Bonchev–Trinajstić information content (AvgIpc) is 2.47. The van der Waals surface area contributed by atoms with E-state index < -0.39 is 6.10 Å². The van der Waals surface area contributed by atoms with Gasteiger partial charge in [0.2, 0.25) is 5.91 Å². The molecule has 2 rings (SSSR count). The van der Waals surface area contributed by atoms with Crippen LogP contribution in [0.2, 0.25) is 0 Å². The fourth-order valence-corrected chi connectivity index (χ4v) is 2.87. The predicted octanol–water partition coefficient (Wildman–Crippen LogP) is 1.57. The molecule has 0 bridgehead atoms. The Labute approximate surface area is 126 Å².